The van der Waals surface area contributed by atoms with E-state index in [4.69, 9.17) is 9.47 Å². The summed E-state index contributed by atoms with van der Waals surface area (Å²) >= 11 is 0. The zero-order valence-corrected chi connectivity index (χ0v) is 15.1. The Morgan fingerprint density at radius 2 is 1.36 bits per heavy atom. The first-order valence-corrected chi connectivity index (χ1v) is 7.63. The number of alkyl halides is 2. The Kier molecular flexibility index (Phi) is 6.05. The summed E-state index contributed by atoms with van der Waals surface area (Å²) in [5.41, 5.74) is -3.47. The third-order valence-electron chi connectivity index (χ3n) is 2.82. The predicted octanol–water partition coefficient (Wildman–Crippen LogP) is 4.35. The van der Waals surface area contributed by atoms with Crippen molar-refractivity contribution in [2.24, 2.45) is 0 Å². The summed E-state index contributed by atoms with van der Waals surface area (Å²) in [6.45, 7) is 9.58. The van der Waals surface area contributed by atoms with Gasteiger partial charge in [-0.05, 0) is 53.7 Å². The number of benzene rings is 1. The molecule has 0 fully saturated rings. The first-order chi connectivity index (χ1) is 11.2. The Morgan fingerprint density at radius 3 is 1.72 bits per heavy atom. The van der Waals surface area contributed by atoms with Gasteiger partial charge in [0, 0.05) is 11.1 Å². The molecule has 0 atom stereocenters. The van der Waals surface area contributed by atoms with Gasteiger partial charge < -0.3 is 9.47 Å². The van der Waals surface area contributed by atoms with Crippen molar-refractivity contribution in [2.75, 3.05) is 0 Å². The molecule has 138 valence electrons. The fourth-order valence-corrected chi connectivity index (χ4v) is 1.93. The van der Waals surface area contributed by atoms with Crippen molar-refractivity contribution in [1.82, 2.24) is 0 Å². The van der Waals surface area contributed by atoms with Crippen LogP contribution in [0.5, 0.6) is 0 Å². The molecule has 1 aromatic rings. The second kappa shape index (κ2) is 7.29. The van der Waals surface area contributed by atoms with E-state index in [1.807, 2.05) is 0 Å². The second-order valence-corrected chi connectivity index (χ2v) is 7.45. The number of aldehydes is 1. The number of carbonyl (C=O) groups is 3. The van der Waals surface area contributed by atoms with Gasteiger partial charge in [-0.2, -0.15) is 0 Å². The van der Waals surface area contributed by atoms with E-state index >= 15 is 0 Å². The van der Waals surface area contributed by atoms with Crippen LogP contribution in [0.2, 0.25) is 0 Å². The van der Waals surface area contributed by atoms with E-state index in [1.54, 1.807) is 41.5 Å². The van der Waals surface area contributed by atoms with Crippen molar-refractivity contribution < 1.29 is 32.6 Å². The van der Waals surface area contributed by atoms with Gasteiger partial charge in [0.25, 0.3) is 6.43 Å². The van der Waals surface area contributed by atoms with Crippen molar-refractivity contribution in [2.45, 2.75) is 59.2 Å². The first-order valence-electron chi connectivity index (χ1n) is 7.63. The van der Waals surface area contributed by atoms with Crippen molar-refractivity contribution in [1.29, 1.82) is 0 Å². The van der Waals surface area contributed by atoms with E-state index in [0.717, 1.165) is 12.1 Å². The van der Waals surface area contributed by atoms with E-state index in [1.165, 1.54) is 0 Å². The van der Waals surface area contributed by atoms with Crippen molar-refractivity contribution in [3.05, 3.63) is 34.4 Å². The molecule has 0 N–H and O–H groups in total. The van der Waals surface area contributed by atoms with Crippen LogP contribution in [0, 0.1) is 0 Å². The standard InChI is InChI=1S/C18H22F2O5/c1-17(2,3)24-15(22)11-8-12(14(19)20)13(7-10(11)9-21)16(23)25-18(4,5)6/h7-9,14H,1-6H3. The molecule has 0 unspecified atom stereocenters. The average Bonchev–Trinajstić information content (AvgIpc) is 2.41. The van der Waals surface area contributed by atoms with Crippen LogP contribution >= 0.6 is 0 Å². The maximum atomic E-state index is 13.4. The van der Waals surface area contributed by atoms with Gasteiger partial charge in [-0.15, -0.1) is 0 Å². The van der Waals surface area contributed by atoms with E-state index < -0.39 is 40.7 Å². The number of carbonyl (C=O) groups excluding carboxylic acids is 3. The molecule has 1 aromatic carbocycles. The van der Waals surface area contributed by atoms with Crippen molar-refractivity contribution in [3.63, 3.8) is 0 Å². The highest BCUT2D eigenvalue weighted by Gasteiger charge is 2.28. The lowest BCUT2D eigenvalue weighted by atomic mass is 9.98. The van der Waals surface area contributed by atoms with Crippen LogP contribution in [-0.2, 0) is 9.47 Å². The normalized spacial score (nSPS) is 12.0. The molecule has 0 bridgehead atoms. The van der Waals surface area contributed by atoms with Crippen LogP contribution in [-0.4, -0.2) is 29.4 Å². The highest BCUT2D eigenvalue weighted by molar-refractivity contribution is 6.02. The Balaban J connectivity index is 3.46. The van der Waals surface area contributed by atoms with E-state index in [9.17, 15) is 23.2 Å². The molecule has 0 aliphatic heterocycles. The van der Waals surface area contributed by atoms with Gasteiger partial charge in [-0.3, -0.25) is 4.79 Å². The molecule has 0 amide bonds. The molecule has 0 saturated heterocycles. The molecule has 0 radical (unpaired) electrons. The topological polar surface area (TPSA) is 69.7 Å². The summed E-state index contributed by atoms with van der Waals surface area (Å²) in [6, 6.07) is 1.74. The van der Waals surface area contributed by atoms with Crippen molar-refractivity contribution in [3.8, 4) is 0 Å². The van der Waals surface area contributed by atoms with Crippen LogP contribution in [0.25, 0.3) is 0 Å². The van der Waals surface area contributed by atoms with Gasteiger partial charge in [0.1, 0.15) is 11.2 Å². The molecule has 1 rings (SSSR count). The minimum atomic E-state index is -3.04. The lowest BCUT2D eigenvalue weighted by Gasteiger charge is -2.22. The lowest BCUT2D eigenvalue weighted by Crippen LogP contribution is -2.26. The Bertz CT molecular complexity index is 682. The zero-order valence-electron chi connectivity index (χ0n) is 15.1. The van der Waals surface area contributed by atoms with E-state index in [2.05, 4.69) is 0 Å². The molecule has 7 heteroatoms. The minimum Gasteiger partial charge on any atom is -0.456 e. The highest BCUT2D eigenvalue weighted by atomic mass is 19.3. The molecule has 25 heavy (non-hydrogen) atoms. The Labute approximate surface area is 145 Å². The van der Waals surface area contributed by atoms with Gasteiger partial charge in [0.05, 0.1) is 11.1 Å². The number of halogens is 2. The predicted molar refractivity (Wildman–Crippen MR) is 87.1 cm³/mol. The van der Waals surface area contributed by atoms with Crippen LogP contribution < -0.4 is 0 Å². The van der Waals surface area contributed by atoms with Crippen LogP contribution in [0.4, 0.5) is 8.78 Å². The third-order valence-corrected chi connectivity index (χ3v) is 2.82. The summed E-state index contributed by atoms with van der Waals surface area (Å²) in [6.07, 6.45) is -2.73. The van der Waals surface area contributed by atoms with Crippen LogP contribution in [0.1, 0.15) is 84.6 Å². The summed E-state index contributed by atoms with van der Waals surface area (Å²) < 4.78 is 37.0. The Morgan fingerprint density at radius 1 is 0.920 bits per heavy atom. The molecule has 0 aliphatic rings. The Hall–Kier alpha value is -2.31. The molecular weight excluding hydrogens is 334 g/mol. The molecule has 0 spiro atoms. The number of ether oxygens (including phenoxy) is 2. The first kappa shape index (κ1) is 20.7. The maximum absolute atomic E-state index is 13.4. The smallest absolute Gasteiger partial charge is 0.339 e. The highest BCUT2D eigenvalue weighted by Crippen LogP contribution is 2.29. The van der Waals surface area contributed by atoms with Gasteiger partial charge in [-0.25, -0.2) is 18.4 Å². The number of hydrogen-bond donors (Lipinski definition) is 0. The van der Waals surface area contributed by atoms with Gasteiger partial charge >= 0.3 is 11.9 Å². The SMILES string of the molecule is CC(C)(C)OC(=O)c1cc(C(F)F)c(C(=O)OC(C)(C)C)cc1C=O. The summed E-state index contributed by atoms with van der Waals surface area (Å²) in [5.74, 6) is -1.92. The van der Waals surface area contributed by atoms with E-state index in [0.29, 0.717) is 6.29 Å². The molecule has 5 nitrogen and oxygen atoms in total. The number of esters is 2. The molecule has 0 heterocycles. The largest absolute Gasteiger partial charge is 0.456 e. The molecular formula is C18H22F2O5. The minimum absolute atomic E-state index is 0.223. The number of hydrogen-bond acceptors (Lipinski definition) is 5. The summed E-state index contributed by atoms with van der Waals surface area (Å²) in [4.78, 5) is 35.6. The lowest BCUT2D eigenvalue weighted by molar-refractivity contribution is 0.00457. The molecule has 0 aliphatic carbocycles. The molecule has 0 saturated carbocycles. The van der Waals surface area contributed by atoms with Gasteiger partial charge in [0.2, 0.25) is 0 Å². The molecule has 0 aromatic heterocycles. The van der Waals surface area contributed by atoms with Crippen LogP contribution in [0.15, 0.2) is 12.1 Å². The van der Waals surface area contributed by atoms with Gasteiger partial charge in [-0.1, -0.05) is 0 Å². The summed E-state index contributed by atoms with van der Waals surface area (Å²) in [5, 5.41) is 0. The maximum Gasteiger partial charge on any atom is 0.339 e. The number of rotatable bonds is 4. The monoisotopic (exact) mass is 356 g/mol. The average molecular weight is 356 g/mol. The van der Waals surface area contributed by atoms with Crippen LogP contribution in [0.3, 0.4) is 0 Å². The second-order valence-electron chi connectivity index (χ2n) is 7.45. The fourth-order valence-electron chi connectivity index (χ4n) is 1.93. The summed E-state index contributed by atoms with van der Waals surface area (Å²) in [7, 11) is 0. The fraction of sp³-hybridized carbons (Fsp3) is 0.500. The van der Waals surface area contributed by atoms with Crippen molar-refractivity contribution >= 4 is 18.2 Å². The quantitative estimate of drug-likeness (QED) is 0.593. The zero-order chi connectivity index (χ0) is 19.6. The third kappa shape index (κ3) is 5.92. The van der Waals surface area contributed by atoms with Gasteiger partial charge in [0.15, 0.2) is 6.29 Å². The van der Waals surface area contributed by atoms with E-state index in [-0.39, 0.29) is 11.1 Å².